The highest BCUT2D eigenvalue weighted by Gasteiger charge is 2.44. The van der Waals surface area contributed by atoms with Crippen LogP contribution in [0.5, 0.6) is 11.5 Å². The predicted octanol–water partition coefficient (Wildman–Crippen LogP) is -1.01. The minimum Gasteiger partial charge on any atom is -0.508 e. The molecule has 0 radical (unpaired) electrons. The number of carbonyl (C=O) groups is 7. The molecule has 0 aliphatic rings. The van der Waals surface area contributed by atoms with Crippen molar-refractivity contribution in [2.45, 2.75) is 133 Å². The summed E-state index contributed by atoms with van der Waals surface area (Å²) in [6, 6.07) is 7.20. The highest BCUT2D eigenvalue weighted by molar-refractivity contribution is 7.89. The quantitative estimate of drug-likeness (QED) is 0.0202. The van der Waals surface area contributed by atoms with Gasteiger partial charge in [0.25, 0.3) is 15.9 Å². The Kier molecular flexibility index (Phi) is 25.6. The minimum atomic E-state index is -5.13. The third kappa shape index (κ3) is 20.9. The van der Waals surface area contributed by atoms with Crippen LogP contribution in [0.4, 0.5) is 0 Å². The lowest BCUT2D eigenvalue weighted by atomic mass is 9.96. The number of aromatic hydroxyl groups is 2. The summed E-state index contributed by atoms with van der Waals surface area (Å²) in [7, 11) is -5.13. The van der Waals surface area contributed by atoms with Crippen molar-refractivity contribution in [3.63, 3.8) is 0 Å². The molecule has 25 nitrogen and oxygen atoms in total. The number of unbranched alkanes of at least 4 members (excludes halogenated alkanes) is 1. The van der Waals surface area contributed by atoms with Gasteiger partial charge < -0.3 is 71.2 Å². The number of guanidine groups is 2. The summed E-state index contributed by atoms with van der Waals surface area (Å²) in [5, 5.41) is 33.4. The Balaban J connectivity index is 2.32. The first-order valence-corrected chi connectivity index (χ1v) is 26.6. The Labute approximate surface area is 448 Å². The summed E-state index contributed by atoms with van der Waals surface area (Å²) >= 11 is 0. The SMILES string of the molecule is CC[C@H](C)[C@H](NC(=O)[C@H](CCCN=C(N)N)N(C(=O)[C@H](Cc1ccc(O)cc1)NC(=O)[C@H](Cc1ccc(O)cc1)NC(=O)[C@H](CCCN=C(N)N)NC(C)=O)S(=O)(=O)c1ccc(C)cc1)C(=O)N[C@@H](CCCCN)C(N)=O. The first kappa shape index (κ1) is 63.3. The van der Waals surface area contributed by atoms with E-state index >= 15 is 18.0 Å². The van der Waals surface area contributed by atoms with E-state index in [4.69, 9.17) is 34.4 Å². The van der Waals surface area contributed by atoms with E-state index in [1.165, 1.54) is 79.7 Å². The van der Waals surface area contributed by atoms with Gasteiger partial charge in [0, 0.05) is 32.9 Å². The van der Waals surface area contributed by atoms with Crippen LogP contribution in [0, 0.1) is 12.8 Å². The second-order valence-corrected chi connectivity index (χ2v) is 20.4. The summed E-state index contributed by atoms with van der Waals surface area (Å²) in [5.41, 5.74) is 34.8. The lowest BCUT2D eigenvalue weighted by Crippen LogP contribution is -2.62. The summed E-state index contributed by atoms with van der Waals surface area (Å²) in [6.07, 6.45) is 0.286. The molecule has 77 heavy (non-hydrogen) atoms. The molecule has 3 aromatic rings. The molecule has 0 spiro atoms. The molecule has 0 unspecified atom stereocenters. The predicted molar refractivity (Wildman–Crippen MR) is 289 cm³/mol. The average molecular weight is 1090 g/mol. The Bertz CT molecular complexity index is 2630. The number of benzene rings is 3. The van der Waals surface area contributed by atoms with Crippen LogP contribution in [0.3, 0.4) is 0 Å². The van der Waals surface area contributed by atoms with Crippen LogP contribution in [-0.4, -0.2) is 132 Å². The maximum atomic E-state index is 15.7. The van der Waals surface area contributed by atoms with E-state index in [1.807, 2.05) is 0 Å². The smallest absolute Gasteiger partial charge is 0.267 e. The molecule has 19 N–H and O–H groups in total. The van der Waals surface area contributed by atoms with Gasteiger partial charge in [0.05, 0.1) is 4.90 Å². The van der Waals surface area contributed by atoms with Crippen LogP contribution in [0.1, 0.15) is 88.8 Å². The molecule has 0 aliphatic heterocycles. The van der Waals surface area contributed by atoms with Gasteiger partial charge in [-0.3, -0.25) is 43.5 Å². The molecule has 0 saturated heterocycles. The topological polar surface area (TPSA) is 438 Å². The normalized spacial score (nSPS) is 13.9. The molecular weight excluding hydrogens is 1020 g/mol. The van der Waals surface area contributed by atoms with Crippen molar-refractivity contribution >= 4 is 63.3 Å². The number of aryl methyl sites for hydroxylation is 1. The first-order chi connectivity index (χ1) is 36.4. The number of aliphatic imine (C=N–C) groups is 2. The number of nitrogens with two attached hydrogens (primary N) is 6. The van der Waals surface area contributed by atoms with Gasteiger partial charge in [-0.1, -0.05) is 62.2 Å². The van der Waals surface area contributed by atoms with Gasteiger partial charge in [0.1, 0.15) is 47.8 Å². The van der Waals surface area contributed by atoms with E-state index in [-0.39, 0.29) is 74.2 Å². The summed E-state index contributed by atoms with van der Waals surface area (Å²) in [6.45, 7) is 6.51. The number of primary amides is 1. The second-order valence-electron chi connectivity index (χ2n) is 18.6. The van der Waals surface area contributed by atoms with Crippen molar-refractivity contribution in [3.05, 3.63) is 89.5 Å². The molecule has 7 amide bonds. The maximum absolute atomic E-state index is 15.7. The number of amides is 7. The zero-order valence-corrected chi connectivity index (χ0v) is 44.8. The standard InChI is InChI=1S/C51H76N14O11S/c1-5-31(3)43(48(73)61-38(44(53)69)10-6-7-25-52)64-47(72)42(12-9-27-59-51(56)57)65(77(75,76)37-23-13-30(2)14-24-37)49(74)41(29-34-17-21-36(68)22-18-34)63-46(71)40(28-33-15-19-35(67)20-16-33)62-45(70)39(60-32(4)66)11-8-26-58-50(54)55/h13-24,31,38-43,67-68H,5-12,25-29,52H2,1-4H3,(H2,53,69)(H,60,66)(H,61,73)(H,62,70)(H,63,71)(H,64,72)(H4,54,55,58)(H4,56,57,59)/t31-,38-,39-,40-,41-,42-,43-/m0/s1. The van der Waals surface area contributed by atoms with E-state index in [1.54, 1.807) is 20.8 Å². The van der Waals surface area contributed by atoms with Gasteiger partial charge in [-0.05, 0) is 112 Å². The molecule has 0 aromatic heterocycles. The first-order valence-electron chi connectivity index (χ1n) is 25.2. The zero-order valence-electron chi connectivity index (χ0n) is 43.9. The third-order valence-electron chi connectivity index (χ3n) is 12.4. The Morgan fingerprint density at radius 3 is 1.57 bits per heavy atom. The third-order valence-corrected chi connectivity index (χ3v) is 14.2. The van der Waals surface area contributed by atoms with Gasteiger partial charge in [0.2, 0.25) is 35.4 Å². The summed E-state index contributed by atoms with van der Waals surface area (Å²) in [5.74, 6) is -8.04. The highest BCUT2D eigenvalue weighted by Crippen LogP contribution is 2.26. The number of carbonyl (C=O) groups excluding carboxylic acids is 7. The van der Waals surface area contributed by atoms with Crippen LogP contribution in [0.25, 0.3) is 0 Å². The highest BCUT2D eigenvalue weighted by atomic mass is 32.2. The number of rotatable bonds is 32. The molecule has 0 bridgehead atoms. The van der Waals surface area contributed by atoms with E-state index < -0.39 is 111 Å². The molecule has 0 aliphatic carbocycles. The Morgan fingerprint density at radius 2 is 1.08 bits per heavy atom. The van der Waals surface area contributed by atoms with Gasteiger partial charge in [0.15, 0.2) is 11.9 Å². The summed E-state index contributed by atoms with van der Waals surface area (Å²) < 4.78 is 31.0. The minimum absolute atomic E-state index is 0.0102. The van der Waals surface area contributed by atoms with Crippen LogP contribution in [0.15, 0.2) is 87.7 Å². The fraction of sp³-hybridized carbons (Fsp3) is 0.471. The number of phenolic OH excluding ortho intramolecular Hbond substituents is 2. The van der Waals surface area contributed by atoms with Crippen molar-refractivity contribution in [1.82, 2.24) is 30.9 Å². The number of phenols is 2. The molecule has 7 atom stereocenters. The average Bonchev–Trinajstić information content (AvgIpc) is 3.38. The molecule has 0 fully saturated rings. The van der Waals surface area contributed by atoms with Crippen LogP contribution >= 0.6 is 0 Å². The van der Waals surface area contributed by atoms with Crippen LogP contribution in [0.2, 0.25) is 0 Å². The maximum Gasteiger partial charge on any atom is 0.267 e. The Morgan fingerprint density at radius 1 is 0.597 bits per heavy atom. The molecule has 0 saturated carbocycles. The van der Waals surface area contributed by atoms with E-state index in [2.05, 4.69) is 36.6 Å². The fourth-order valence-corrected chi connectivity index (χ4v) is 9.57. The van der Waals surface area contributed by atoms with Crippen molar-refractivity contribution < 1.29 is 52.2 Å². The Hall–Kier alpha value is -8.00. The number of hydrogen-bond donors (Lipinski definition) is 13. The number of nitrogens with one attached hydrogen (secondary N) is 5. The molecule has 422 valence electrons. The fourth-order valence-electron chi connectivity index (χ4n) is 7.96. The van der Waals surface area contributed by atoms with Crippen LogP contribution < -0.4 is 61.0 Å². The second kappa shape index (κ2) is 31.1. The van der Waals surface area contributed by atoms with Gasteiger partial charge in [-0.2, -0.15) is 0 Å². The number of sulfonamides is 1. The van der Waals surface area contributed by atoms with Crippen molar-refractivity contribution in [3.8, 4) is 11.5 Å². The van der Waals surface area contributed by atoms with Gasteiger partial charge in [-0.15, -0.1) is 0 Å². The summed E-state index contributed by atoms with van der Waals surface area (Å²) in [4.78, 5) is 106. The van der Waals surface area contributed by atoms with E-state index in [0.717, 1.165) is 0 Å². The number of nitrogens with zero attached hydrogens (tertiary/aromatic N) is 3. The molecular formula is C51H76N14O11S. The van der Waals surface area contributed by atoms with Crippen molar-refractivity contribution in [1.29, 1.82) is 0 Å². The van der Waals surface area contributed by atoms with E-state index in [0.29, 0.717) is 41.2 Å². The monoisotopic (exact) mass is 1090 g/mol. The molecule has 0 heterocycles. The lowest BCUT2D eigenvalue weighted by Gasteiger charge is -2.35. The zero-order chi connectivity index (χ0) is 57.4. The van der Waals surface area contributed by atoms with Gasteiger partial charge in [-0.25, -0.2) is 12.7 Å². The molecule has 26 heteroatoms. The van der Waals surface area contributed by atoms with Crippen molar-refractivity contribution in [2.75, 3.05) is 19.6 Å². The number of hydrogen-bond acceptors (Lipinski definition) is 14. The lowest BCUT2D eigenvalue weighted by molar-refractivity contribution is -0.140. The van der Waals surface area contributed by atoms with Crippen LogP contribution in [-0.2, 0) is 56.4 Å². The molecule has 3 rings (SSSR count). The van der Waals surface area contributed by atoms with Gasteiger partial charge >= 0.3 is 0 Å². The molecule has 3 aromatic carbocycles. The largest absolute Gasteiger partial charge is 0.508 e. The van der Waals surface area contributed by atoms with E-state index in [9.17, 15) is 34.2 Å². The van der Waals surface area contributed by atoms with Crippen molar-refractivity contribution in [2.24, 2.45) is 50.3 Å².